The Labute approximate surface area is 146 Å². The number of nitrogens with one attached hydrogen (secondary N) is 1. The molecule has 0 spiro atoms. The fourth-order valence-electron chi connectivity index (χ4n) is 2.61. The van der Waals surface area contributed by atoms with E-state index in [0.29, 0.717) is 29.6 Å². The molecule has 8 heteroatoms. The number of hydrogen-bond donors (Lipinski definition) is 1. The summed E-state index contributed by atoms with van der Waals surface area (Å²) >= 11 is 0. The van der Waals surface area contributed by atoms with E-state index in [1.165, 1.54) is 0 Å². The summed E-state index contributed by atoms with van der Waals surface area (Å²) in [4.78, 5) is 21.0. The molecule has 132 valence electrons. The first-order chi connectivity index (χ1) is 12.2. The summed E-state index contributed by atoms with van der Waals surface area (Å²) < 4.78 is 5.10. The van der Waals surface area contributed by atoms with Gasteiger partial charge in [0, 0.05) is 26.2 Å². The standard InChI is InChI=1S/C17H22N6O2/c1-3-25-16(24)13-6-4-5-7-14(13)19-15-12-18-21-17(20-15)23-10-8-22(2)9-11-23/h4-7,12H,3,8-11H2,1-2H3,(H,19,20,21). The quantitative estimate of drug-likeness (QED) is 0.820. The molecule has 1 N–H and O–H groups in total. The van der Waals surface area contributed by atoms with Gasteiger partial charge in [-0.3, -0.25) is 0 Å². The van der Waals surface area contributed by atoms with Crippen molar-refractivity contribution < 1.29 is 9.53 Å². The monoisotopic (exact) mass is 342 g/mol. The third-order valence-electron chi connectivity index (χ3n) is 4.02. The number of piperazine rings is 1. The zero-order valence-electron chi connectivity index (χ0n) is 14.5. The summed E-state index contributed by atoms with van der Waals surface area (Å²) in [5.41, 5.74) is 1.09. The second-order valence-corrected chi connectivity index (χ2v) is 5.82. The van der Waals surface area contributed by atoms with Gasteiger partial charge in [0.05, 0.1) is 24.1 Å². The van der Waals surface area contributed by atoms with Crippen molar-refractivity contribution in [3.8, 4) is 0 Å². The highest BCUT2D eigenvalue weighted by atomic mass is 16.5. The number of carbonyl (C=O) groups is 1. The number of ether oxygens (including phenoxy) is 1. The van der Waals surface area contributed by atoms with Gasteiger partial charge in [0.15, 0.2) is 5.82 Å². The Hall–Kier alpha value is -2.74. The Morgan fingerprint density at radius 1 is 1.24 bits per heavy atom. The number of carbonyl (C=O) groups excluding carboxylic acids is 1. The van der Waals surface area contributed by atoms with Gasteiger partial charge in [0.1, 0.15) is 0 Å². The fourth-order valence-corrected chi connectivity index (χ4v) is 2.61. The second kappa shape index (κ2) is 7.89. The topological polar surface area (TPSA) is 83.5 Å². The van der Waals surface area contributed by atoms with Gasteiger partial charge >= 0.3 is 5.97 Å². The van der Waals surface area contributed by atoms with Crippen molar-refractivity contribution in [2.24, 2.45) is 0 Å². The molecule has 0 radical (unpaired) electrons. The second-order valence-electron chi connectivity index (χ2n) is 5.82. The molecule has 0 saturated carbocycles. The predicted octanol–water partition coefficient (Wildman–Crippen LogP) is 1.54. The molecule has 2 aromatic rings. The van der Waals surface area contributed by atoms with E-state index in [0.717, 1.165) is 26.2 Å². The van der Waals surface area contributed by atoms with Crippen molar-refractivity contribution >= 4 is 23.4 Å². The number of aromatic nitrogens is 3. The van der Waals surface area contributed by atoms with E-state index in [-0.39, 0.29) is 5.97 Å². The Balaban J connectivity index is 1.78. The van der Waals surface area contributed by atoms with E-state index >= 15 is 0 Å². The van der Waals surface area contributed by atoms with Crippen molar-refractivity contribution in [2.45, 2.75) is 6.92 Å². The lowest BCUT2D eigenvalue weighted by Gasteiger charge is -2.32. The molecular weight excluding hydrogens is 320 g/mol. The van der Waals surface area contributed by atoms with E-state index in [1.54, 1.807) is 25.3 Å². The number of para-hydroxylation sites is 1. The van der Waals surface area contributed by atoms with Crippen LogP contribution in [0.5, 0.6) is 0 Å². The smallest absolute Gasteiger partial charge is 0.340 e. The number of rotatable bonds is 5. The van der Waals surface area contributed by atoms with Gasteiger partial charge in [-0.15, -0.1) is 5.10 Å². The Bertz CT molecular complexity index is 731. The number of benzene rings is 1. The third-order valence-corrected chi connectivity index (χ3v) is 4.02. The van der Waals surface area contributed by atoms with E-state index in [9.17, 15) is 4.79 Å². The van der Waals surface area contributed by atoms with Crippen LogP contribution in [0.4, 0.5) is 17.5 Å². The van der Waals surface area contributed by atoms with Crippen LogP contribution < -0.4 is 10.2 Å². The molecule has 25 heavy (non-hydrogen) atoms. The first-order valence-electron chi connectivity index (χ1n) is 8.33. The first-order valence-corrected chi connectivity index (χ1v) is 8.33. The molecule has 0 atom stereocenters. The minimum Gasteiger partial charge on any atom is -0.462 e. The number of hydrogen-bond acceptors (Lipinski definition) is 8. The Morgan fingerprint density at radius 2 is 2.00 bits per heavy atom. The van der Waals surface area contributed by atoms with Crippen LogP contribution in [0.2, 0.25) is 0 Å². The molecule has 0 amide bonds. The molecule has 0 bridgehead atoms. The highest BCUT2D eigenvalue weighted by Gasteiger charge is 2.18. The molecule has 0 unspecified atom stereocenters. The lowest BCUT2D eigenvalue weighted by Crippen LogP contribution is -2.45. The molecule has 0 aliphatic carbocycles. The SMILES string of the molecule is CCOC(=O)c1ccccc1Nc1cnnc(N2CCN(C)CC2)n1. The molecule has 1 saturated heterocycles. The lowest BCUT2D eigenvalue weighted by atomic mass is 10.2. The van der Waals surface area contributed by atoms with Crippen molar-refractivity contribution in [1.29, 1.82) is 0 Å². The molecular formula is C17H22N6O2. The maximum absolute atomic E-state index is 12.1. The number of esters is 1. The summed E-state index contributed by atoms with van der Waals surface area (Å²) in [5.74, 6) is 0.763. The summed E-state index contributed by atoms with van der Waals surface area (Å²) in [6.07, 6.45) is 1.54. The Kier molecular flexibility index (Phi) is 5.39. The Morgan fingerprint density at radius 3 is 2.76 bits per heavy atom. The van der Waals surface area contributed by atoms with Crippen LogP contribution in [-0.2, 0) is 4.74 Å². The van der Waals surface area contributed by atoms with Gasteiger partial charge in [0.2, 0.25) is 5.95 Å². The summed E-state index contributed by atoms with van der Waals surface area (Å²) in [5, 5.41) is 11.3. The minimum absolute atomic E-state index is 0.329. The van der Waals surface area contributed by atoms with Crippen molar-refractivity contribution in [1.82, 2.24) is 20.1 Å². The third kappa shape index (κ3) is 4.21. The molecule has 1 aliphatic rings. The van der Waals surface area contributed by atoms with Crippen LogP contribution in [0.3, 0.4) is 0 Å². The normalized spacial score (nSPS) is 15.0. The zero-order chi connectivity index (χ0) is 17.6. The van der Waals surface area contributed by atoms with Gasteiger partial charge in [0.25, 0.3) is 0 Å². The number of anilines is 3. The van der Waals surface area contributed by atoms with Gasteiger partial charge in [-0.2, -0.15) is 10.1 Å². The summed E-state index contributed by atoms with van der Waals surface area (Å²) in [6.45, 7) is 5.77. The summed E-state index contributed by atoms with van der Waals surface area (Å²) in [7, 11) is 2.10. The highest BCUT2D eigenvalue weighted by molar-refractivity contribution is 5.96. The average Bonchev–Trinajstić information content (AvgIpc) is 2.63. The largest absolute Gasteiger partial charge is 0.462 e. The van der Waals surface area contributed by atoms with E-state index in [4.69, 9.17) is 4.74 Å². The average molecular weight is 342 g/mol. The molecule has 1 aromatic heterocycles. The van der Waals surface area contributed by atoms with Crippen LogP contribution >= 0.6 is 0 Å². The van der Waals surface area contributed by atoms with E-state index in [2.05, 4.69) is 37.3 Å². The van der Waals surface area contributed by atoms with Crippen molar-refractivity contribution in [3.63, 3.8) is 0 Å². The maximum atomic E-state index is 12.1. The molecule has 1 aliphatic heterocycles. The van der Waals surface area contributed by atoms with Gasteiger partial charge in [-0.1, -0.05) is 12.1 Å². The van der Waals surface area contributed by atoms with E-state index in [1.807, 2.05) is 12.1 Å². The first kappa shape index (κ1) is 17.1. The van der Waals surface area contributed by atoms with E-state index < -0.39 is 0 Å². The van der Waals surface area contributed by atoms with Crippen LogP contribution in [0.15, 0.2) is 30.5 Å². The van der Waals surface area contributed by atoms with Crippen molar-refractivity contribution in [3.05, 3.63) is 36.0 Å². The van der Waals surface area contributed by atoms with Gasteiger partial charge in [-0.25, -0.2) is 4.79 Å². The predicted molar refractivity (Wildman–Crippen MR) is 95.2 cm³/mol. The number of nitrogens with zero attached hydrogens (tertiary/aromatic N) is 5. The minimum atomic E-state index is -0.369. The lowest BCUT2D eigenvalue weighted by molar-refractivity contribution is 0.0527. The molecule has 3 rings (SSSR count). The molecule has 8 nitrogen and oxygen atoms in total. The van der Waals surface area contributed by atoms with Crippen LogP contribution in [0, 0.1) is 0 Å². The molecule has 1 fully saturated rings. The fraction of sp³-hybridized carbons (Fsp3) is 0.412. The molecule has 2 heterocycles. The van der Waals surface area contributed by atoms with Crippen LogP contribution in [0.25, 0.3) is 0 Å². The molecule has 1 aromatic carbocycles. The zero-order valence-corrected chi connectivity index (χ0v) is 14.5. The maximum Gasteiger partial charge on any atom is 0.340 e. The van der Waals surface area contributed by atoms with Gasteiger partial charge in [-0.05, 0) is 26.1 Å². The number of likely N-dealkylation sites (N-methyl/N-ethyl adjacent to an activating group) is 1. The highest BCUT2D eigenvalue weighted by Crippen LogP contribution is 2.21. The van der Waals surface area contributed by atoms with Crippen molar-refractivity contribution in [2.75, 3.05) is 50.1 Å². The summed E-state index contributed by atoms with van der Waals surface area (Å²) in [6, 6.07) is 7.17. The van der Waals surface area contributed by atoms with Gasteiger partial charge < -0.3 is 19.9 Å². The van der Waals surface area contributed by atoms with Crippen LogP contribution in [-0.4, -0.2) is 65.9 Å². The van der Waals surface area contributed by atoms with Crippen LogP contribution in [0.1, 0.15) is 17.3 Å².